The molecule has 0 bridgehead atoms. The zero-order valence-corrected chi connectivity index (χ0v) is 18.5. The first-order valence-electron chi connectivity index (χ1n) is 10.8. The van der Waals surface area contributed by atoms with E-state index in [1.54, 1.807) is 0 Å². The molecule has 1 N–H and O–H groups in total. The first kappa shape index (κ1) is 18.9. The molecule has 1 heteroatoms. The number of anilines is 2. The second kappa shape index (κ2) is 6.47. The molecule has 0 unspecified atom stereocenters. The fraction of sp³-hybridized carbons (Fsp3) is 0.241. The van der Waals surface area contributed by atoms with Gasteiger partial charge in [-0.3, -0.25) is 0 Å². The lowest BCUT2D eigenvalue weighted by Crippen LogP contribution is -2.17. The Morgan fingerprint density at radius 2 is 1.23 bits per heavy atom. The molecule has 0 heterocycles. The van der Waals surface area contributed by atoms with E-state index in [9.17, 15) is 0 Å². The lowest BCUT2D eigenvalue weighted by molar-refractivity contribution is 0.584. The monoisotopic (exact) mass is 391 g/mol. The highest BCUT2D eigenvalue weighted by Gasteiger charge is 2.36. The van der Waals surface area contributed by atoms with Gasteiger partial charge in [-0.2, -0.15) is 0 Å². The van der Waals surface area contributed by atoms with E-state index in [1.165, 1.54) is 38.6 Å². The first-order chi connectivity index (χ1) is 14.2. The molecule has 1 nitrogen and oxygen atoms in total. The molecule has 1 aliphatic carbocycles. The molecule has 0 fully saturated rings. The van der Waals surface area contributed by atoms with Crippen molar-refractivity contribution in [3.05, 3.63) is 95.6 Å². The van der Waals surface area contributed by atoms with Crippen LogP contribution in [0, 0.1) is 0 Å². The van der Waals surface area contributed by atoms with Crippen LogP contribution in [0.25, 0.3) is 21.9 Å². The summed E-state index contributed by atoms with van der Waals surface area (Å²) in [5, 5.41) is 6.15. The maximum Gasteiger partial charge on any atom is 0.0390 e. The summed E-state index contributed by atoms with van der Waals surface area (Å²) in [6.07, 6.45) is 0. The maximum atomic E-state index is 3.63. The minimum absolute atomic E-state index is 0.00694. The summed E-state index contributed by atoms with van der Waals surface area (Å²) in [4.78, 5) is 0. The fourth-order valence-electron chi connectivity index (χ4n) is 4.72. The van der Waals surface area contributed by atoms with Crippen molar-refractivity contribution in [2.24, 2.45) is 0 Å². The Morgan fingerprint density at radius 3 is 1.97 bits per heavy atom. The van der Waals surface area contributed by atoms with Gasteiger partial charge in [-0.15, -0.1) is 0 Å². The zero-order valence-electron chi connectivity index (χ0n) is 18.5. The number of rotatable bonds is 2. The maximum absolute atomic E-state index is 3.63. The van der Waals surface area contributed by atoms with Crippen LogP contribution in [0.2, 0.25) is 0 Å². The van der Waals surface area contributed by atoms with E-state index in [4.69, 9.17) is 0 Å². The molecule has 1 aliphatic rings. The predicted octanol–water partition coefficient (Wildman–Crippen LogP) is 8.19. The van der Waals surface area contributed by atoms with E-state index in [2.05, 4.69) is 119 Å². The summed E-state index contributed by atoms with van der Waals surface area (Å²) in [7, 11) is 0. The van der Waals surface area contributed by atoms with Crippen LogP contribution in [0.15, 0.2) is 78.9 Å². The van der Waals surface area contributed by atoms with Gasteiger partial charge < -0.3 is 5.32 Å². The van der Waals surface area contributed by atoms with Gasteiger partial charge in [0.2, 0.25) is 0 Å². The van der Waals surface area contributed by atoms with Gasteiger partial charge in [0.1, 0.15) is 0 Å². The van der Waals surface area contributed by atoms with Gasteiger partial charge in [0.15, 0.2) is 0 Å². The third-order valence-electron chi connectivity index (χ3n) is 6.58. The Bertz CT molecular complexity index is 1270. The summed E-state index contributed by atoms with van der Waals surface area (Å²) >= 11 is 0. The van der Waals surface area contributed by atoms with Crippen LogP contribution in [-0.2, 0) is 10.8 Å². The highest BCUT2D eigenvalue weighted by Crippen LogP contribution is 2.50. The van der Waals surface area contributed by atoms with E-state index in [-0.39, 0.29) is 10.8 Å². The summed E-state index contributed by atoms with van der Waals surface area (Å²) in [5.41, 5.74) is 9.38. The molecule has 4 aromatic carbocycles. The molecule has 5 rings (SSSR count). The summed E-state index contributed by atoms with van der Waals surface area (Å²) in [6, 6.07) is 28.9. The van der Waals surface area contributed by atoms with Crippen LogP contribution in [-0.4, -0.2) is 0 Å². The van der Waals surface area contributed by atoms with E-state index in [0.717, 1.165) is 11.4 Å². The number of benzene rings is 4. The van der Waals surface area contributed by atoms with Crippen molar-refractivity contribution in [3.8, 4) is 11.1 Å². The Balaban J connectivity index is 1.53. The van der Waals surface area contributed by atoms with Gasteiger partial charge in [0.25, 0.3) is 0 Å². The van der Waals surface area contributed by atoms with Crippen molar-refractivity contribution in [1.29, 1.82) is 0 Å². The topological polar surface area (TPSA) is 12.0 Å². The number of nitrogens with one attached hydrogen (secondary N) is 1. The van der Waals surface area contributed by atoms with E-state index < -0.39 is 0 Å². The van der Waals surface area contributed by atoms with Gasteiger partial charge in [-0.1, -0.05) is 89.2 Å². The summed E-state index contributed by atoms with van der Waals surface area (Å²) < 4.78 is 0. The van der Waals surface area contributed by atoms with Crippen LogP contribution in [0.4, 0.5) is 11.4 Å². The fourth-order valence-corrected chi connectivity index (χ4v) is 4.72. The van der Waals surface area contributed by atoms with Gasteiger partial charge in [0.05, 0.1) is 0 Å². The largest absolute Gasteiger partial charge is 0.355 e. The Hall–Kier alpha value is -3.06. The second-order valence-corrected chi connectivity index (χ2v) is 10.1. The van der Waals surface area contributed by atoms with Crippen molar-refractivity contribution in [2.45, 2.75) is 45.4 Å². The molecule has 0 amide bonds. The second-order valence-electron chi connectivity index (χ2n) is 10.1. The van der Waals surface area contributed by atoms with Crippen molar-refractivity contribution in [1.82, 2.24) is 0 Å². The van der Waals surface area contributed by atoms with E-state index in [0.29, 0.717) is 0 Å². The van der Waals surface area contributed by atoms with Crippen LogP contribution in [0.5, 0.6) is 0 Å². The van der Waals surface area contributed by atoms with Crippen molar-refractivity contribution in [3.63, 3.8) is 0 Å². The first-order valence-corrected chi connectivity index (χ1v) is 10.8. The van der Waals surface area contributed by atoms with Gasteiger partial charge in [-0.25, -0.2) is 0 Å². The van der Waals surface area contributed by atoms with Gasteiger partial charge >= 0.3 is 0 Å². The molecule has 0 saturated heterocycles. The van der Waals surface area contributed by atoms with Gasteiger partial charge in [0, 0.05) is 16.8 Å². The number of hydrogen-bond acceptors (Lipinski definition) is 1. The molecule has 0 saturated carbocycles. The van der Waals surface area contributed by atoms with Crippen LogP contribution < -0.4 is 5.32 Å². The van der Waals surface area contributed by atoms with Gasteiger partial charge in [-0.05, 0) is 68.3 Å². The SMILES string of the molecule is CC(C)(C)c1ccc2c(c1)C(C)(C)c1cc(Nc3ccc4ccccc4c3)ccc1-2. The molecule has 0 atom stereocenters. The quantitative estimate of drug-likeness (QED) is 0.363. The highest BCUT2D eigenvalue weighted by molar-refractivity contribution is 5.87. The van der Waals surface area contributed by atoms with Crippen molar-refractivity contribution < 1.29 is 0 Å². The molecule has 0 aliphatic heterocycles. The average molecular weight is 392 g/mol. The van der Waals surface area contributed by atoms with E-state index >= 15 is 0 Å². The minimum Gasteiger partial charge on any atom is -0.355 e. The lowest BCUT2D eigenvalue weighted by atomic mass is 9.79. The summed E-state index contributed by atoms with van der Waals surface area (Å²) in [5.74, 6) is 0. The molecular formula is C29H29N. The molecule has 4 aromatic rings. The molecule has 150 valence electrons. The Kier molecular flexibility index (Phi) is 4.08. The van der Waals surface area contributed by atoms with Crippen molar-refractivity contribution >= 4 is 22.1 Å². The molecule has 30 heavy (non-hydrogen) atoms. The van der Waals surface area contributed by atoms with Crippen LogP contribution in [0.3, 0.4) is 0 Å². The smallest absolute Gasteiger partial charge is 0.0390 e. The average Bonchev–Trinajstić information content (AvgIpc) is 2.94. The lowest BCUT2D eigenvalue weighted by Gasteiger charge is -2.25. The van der Waals surface area contributed by atoms with Crippen LogP contribution >= 0.6 is 0 Å². The predicted molar refractivity (Wildman–Crippen MR) is 130 cm³/mol. The minimum atomic E-state index is -0.00694. The third-order valence-corrected chi connectivity index (χ3v) is 6.58. The zero-order chi connectivity index (χ0) is 21.1. The van der Waals surface area contributed by atoms with E-state index in [1.807, 2.05) is 0 Å². The Labute approximate surface area is 179 Å². The summed E-state index contributed by atoms with van der Waals surface area (Å²) in [6.45, 7) is 11.6. The number of fused-ring (bicyclic) bond motifs is 4. The standard InChI is InChI=1S/C29H29N/c1-28(2,3)21-11-14-24-25-15-13-23(18-27(25)29(4,5)26(24)17-21)30-22-12-10-19-8-6-7-9-20(19)16-22/h6-18,30H,1-5H3. The molecule has 0 radical (unpaired) electrons. The molecule has 0 aromatic heterocycles. The van der Waals surface area contributed by atoms with Crippen LogP contribution in [0.1, 0.15) is 51.3 Å². The third kappa shape index (κ3) is 3.01. The number of hydrogen-bond donors (Lipinski definition) is 1. The Morgan fingerprint density at radius 1 is 0.633 bits per heavy atom. The molecule has 0 spiro atoms. The highest BCUT2D eigenvalue weighted by atomic mass is 14.9. The molecular weight excluding hydrogens is 362 g/mol. The van der Waals surface area contributed by atoms with Crippen molar-refractivity contribution in [2.75, 3.05) is 5.32 Å². The normalized spacial score (nSPS) is 14.4.